The molecule has 0 bridgehead atoms. The van der Waals surface area contributed by atoms with Crippen molar-refractivity contribution in [3.63, 3.8) is 0 Å². The summed E-state index contributed by atoms with van der Waals surface area (Å²) in [6, 6.07) is 15.5. The summed E-state index contributed by atoms with van der Waals surface area (Å²) in [5.41, 5.74) is 3.12. The van der Waals surface area contributed by atoms with Gasteiger partial charge in [-0.3, -0.25) is 14.5 Å². The van der Waals surface area contributed by atoms with Crippen LogP contribution in [0, 0.1) is 6.92 Å². The first-order valence-corrected chi connectivity index (χ1v) is 12.1. The molecule has 0 atom stereocenters. The van der Waals surface area contributed by atoms with Gasteiger partial charge in [-0.1, -0.05) is 83.6 Å². The molecular formula is C23H18ClN3O2S3. The number of benzene rings is 2. The van der Waals surface area contributed by atoms with E-state index in [-0.39, 0.29) is 18.4 Å². The molecule has 0 spiro atoms. The standard InChI is InChI=1S/C23H18ClN3O2S3/c1-14-6-8-15(9-7-14)10-17-12-25-22(31-17)26-20(28)13-27-21(29)19(32-23(27)30)11-16-4-2-3-5-18(16)24/h2-9,11-12H,10,13H2,1H3,(H,25,26,28). The minimum absolute atomic E-state index is 0.169. The van der Waals surface area contributed by atoms with Crippen molar-refractivity contribution in [2.75, 3.05) is 11.9 Å². The minimum atomic E-state index is -0.350. The van der Waals surface area contributed by atoms with Gasteiger partial charge in [0.2, 0.25) is 5.91 Å². The molecule has 2 aromatic carbocycles. The van der Waals surface area contributed by atoms with E-state index in [0.717, 1.165) is 28.6 Å². The molecule has 5 nitrogen and oxygen atoms in total. The monoisotopic (exact) mass is 499 g/mol. The predicted octanol–water partition coefficient (Wildman–Crippen LogP) is 5.54. The van der Waals surface area contributed by atoms with Gasteiger partial charge in [0, 0.05) is 22.5 Å². The van der Waals surface area contributed by atoms with Crippen molar-refractivity contribution in [1.29, 1.82) is 0 Å². The van der Waals surface area contributed by atoms with E-state index in [4.69, 9.17) is 23.8 Å². The van der Waals surface area contributed by atoms with E-state index < -0.39 is 0 Å². The molecule has 0 radical (unpaired) electrons. The Labute approximate surface area is 204 Å². The fourth-order valence-electron chi connectivity index (χ4n) is 3.03. The lowest BCUT2D eigenvalue weighted by Crippen LogP contribution is -2.36. The first kappa shape index (κ1) is 22.7. The van der Waals surface area contributed by atoms with Crippen LogP contribution in [0.1, 0.15) is 21.6 Å². The van der Waals surface area contributed by atoms with Crippen molar-refractivity contribution in [2.24, 2.45) is 0 Å². The Kier molecular flexibility index (Phi) is 7.05. The Morgan fingerprint density at radius 3 is 2.72 bits per heavy atom. The number of nitrogens with one attached hydrogen (secondary N) is 1. The number of hydrogen-bond donors (Lipinski definition) is 1. The number of hydrogen-bond acceptors (Lipinski definition) is 6. The van der Waals surface area contributed by atoms with Crippen molar-refractivity contribution >= 4 is 74.3 Å². The number of anilines is 1. The van der Waals surface area contributed by atoms with Crippen LogP contribution in [0.2, 0.25) is 5.02 Å². The van der Waals surface area contributed by atoms with Crippen molar-refractivity contribution in [2.45, 2.75) is 13.3 Å². The normalized spacial score (nSPS) is 14.9. The fraction of sp³-hybridized carbons (Fsp3) is 0.130. The Balaban J connectivity index is 1.37. The third-order valence-electron chi connectivity index (χ3n) is 4.67. The van der Waals surface area contributed by atoms with E-state index in [1.165, 1.54) is 27.4 Å². The largest absolute Gasteiger partial charge is 0.300 e. The number of nitrogens with zero attached hydrogens (tertiary/aromatic N) is 2. The van der Waals surface area contributed by atoms with E-state index in [0.29, 0.717) is 19.4 Å². The van der Waals surface area contributed by atoms with Gasteiger partial charge in [-0.25, -0.2) is 4.98 Å². The molecule has 1 saturated heterocycles. The van der Waals surface area contributed by atoms with Gasteiger partial charge in [-0.05, 0) is 30.2 Å². The summed E-state index contributed by atoms with van der Waals surface area (Å²) in [5, 5.41) is 3.80. The van der Waals surface area contributed by atoms with Gasteiger partial charge in [0.1, 0.15) is 10.9 Å². The molecule has 0 saturated carbocycles. The molecule has 2 amide bonds. The topological polar surface area (TPSA) is 62.3 Å². The second-order valence-electron chi connectivity index (χ2n) is 7.13. The van der Waals surface area contributed by atoms with Crippen molar-refractivity contribution in [1.82, 2.24) is 9.88 Å². The fourth-order valence-corrected chi connectivity index (χ4v) is 5.33. The molecule has 1 aromatic heterocycles. The first-order valence-electron chi connectivity index (χ1n) is 9.69. The maximum atomic E-state index is 12.8. The molecule has 0 aliphatic carbocycles. The molecular weight excluding hydrogens is 482 g/mol. The van der Waals surface area contributed by atoms with Crippen LogP contribution in [0.15, 0.2) is 59.6 Å². The number of thiocarbonyl (C=S) groups is 1. The highest BCUT2D eigenvalue weighted by Crippen LogP contribution is 2.33. The molecule has 1 fully saturated rings. The van der Waals surface area contributed by atoms with Crippen molar-refractivity contribution in [3.8, 4) is 0 Å². The number of carbonyl (C=O) groups is 2. The summed E-state index contributed by atoms with van der Waals surface area (Å²) in [4.78, 5) is 32.3. The Morgan fingerprint density at radius 2 is 1.97 bits per heavy atom. The lowest BCUT2D eigenvalue weighted by atomic mass is 10.1. The summed E-state index contributed by atoms with van der Waals surface area (Å²) < 4.78 is 0.336. The van der Waals surface area contributed by atoms with Crippen molar-refractivity contribution < 1.29 is 9.59 Å². The SMILES string of the molecule is Cc1ccc(Cc2cnc(NC(=O)CN3C(=O)C(=Cc4ccccc4Cl)SC3=S)s2)cc1. The average Bonchev–Trinajstić information content (AvgIpc) is 3.30. The van der Waals surface area contributed by atoms with Gasteiger partial charge in [-0.2, -0.15) is 0 Å². The summed E-state index contributed by atoms with van der Waals surface area (Å²) >= 11 is 14.1. The second-order valence-corrected chi connectivity index (χ2v) is 10.3. The van der Waals surface area contributed by atoms with Crippen LogP contribution in [0.25, 0.3) is 6.08 Å². The molecule has 2 heterocycles. The maximum Gasteiger partial charge on any atom is 0.266 e. The third-order valence-corrected chi connectivity index (χ3v) is 7.30. The van der Waals surface area contributed by atoms with Crippen molar-refractivity contribution in [3.05, 3.63) is 86.2 Å². The van der Waals surface area contributed by atoms with Gasteiger partial charge in [0.05, 0.1) is 4.91 Å². The van der Waals surface area contributed by atoms with Gasteiger partial charge in [-0.15, -0.1) is 11.3 Å². The summed E-state index contributed by atoms with van der Waals surface area (Å²) in [6.07, 6.45) is 4.19. The van der Waals surface area contributed by atoms with Gasteiger partial charge in [0.25, 0.3) is 5.91 Å². The number of thioether (sulfide) groups is 1. The Bertz CT molecular complexity index is 1220. The average molecular weight is 500 g/mol. The van der Waals surface area contributed by atoms with Crippen LogP contribution in [0.3, 0.4) is 0 Å². The lowest BCUT2D eigenvalue weighted by Gasteiger charge is -2.13. The number of aromatic nitrogens is 1. The lowest BCUT2D eigenvalue weighted by molar-refractivity contribution is -0.126. The van der Waals surface area contributed by atoms with E-state index in [2.05, 4.69) is 41.5 Å². The third kappa shape index (κ3) is 5.45. The number of rotatable bonds is 6. The Morgan fingerprint density at radius 1 is 1.22 bits per heavy atom. The smallest absolute Gasteiger partial charge is 0.266 e. The summed E-state index contributed by atoms with van der Waals surface area (Å²) in [5.74, 6) is -0.661. The number of thiazole rings is 1. The maximum absolute atomic E-state index is 12.8. The van der Waals surface area contributed by atoms with E-state index in [1.807, 2.05) is 18.2 Å². The zero-order chi connectivity index (χ0) is 22.7. The van der Waals surface area contributed by atoms with Gasteiger partial charge in [0.15, 0.2) is 5.13 Å². The zero-order valence-electron chi connectivity index (χ0n) is 17.0. The van der Waals surface area contributed by atoms with Crippen LogP contribution in [-0.2, 0) is 16.0 Å². The molecule has 3 aromatic rings. The number of amides is 2. The van der Waals surface area contributed by atoms with Crippen LogP contribution in [0.5, 0.6) is 0 Å². The van der Waals surface area contributed by atoms with Crippen LogP contribution >= 0.6 is 46.9 Å². The Hall–Kier alpha value is -2.52. The number of halogens is 1. The molecule has 9 heteroatoms. The van der Waals surface area contributed by atoms with E-state index >= 15 is 0 Å². The highest BCUT2D eigenvalue weighted by Gasteiger charge is 2.33. The molecule has 0 unspecified atom stereocenters. The zero-order valence-corrected chi connectivity index (χ0v) is 20.2. The highest BCUT2D eigenvalue weighted by atomic mass is 35.5. The van der Waals surface area contributed by atoms with E-state index in [9.17, 15) is 9.59 Å². The highest BCUT2D eigenvalue weighted by molar-refractivity contribution is 8.26. The quantitative estimate of drug-likeness (QED) is 0.356. The molecule has 32 heavy (non-hydrogen) atoms. The molecule has 1 aliphatic heterocycles. The van der Waals surface area contributed by atoms with Gasteiger partial charge >= 0.3 is 0 Å². The minimum Gasteiger partial charge on any atom is -0.300 e. The predicted molar refractivity (Wildman–Crippen MR) is 136 cm³/mol. The number of carbonyl (C=O) groups excluding carboxylic acids is 2. The van der Waals surface area contributed by atoms with E-state index in [1.54, 1.807) is 18.3 Å². The van der Waals surface area contributed by atoms with Gasteiger partial charge < -0.3 is 5.32 Å². The number of aryl methyl sites for hydroxylation is 1. The molecule has 1 N–H and O–H groups in total. The molecule has 4 rings (SSSR count). The summed E-state index contributed by atoms with van der Waals surface area (Å²) in [7, 11) is 0. The summed E-state index contributed by atoms with van der Waals surface area (Å²) in [6.45, 7) is 1.88. The first-order chi connectivity index (χ1) is 15.4. The molecule has 162 valence electrons. The van der Waals surface area contributed by atoms with Crippen LogP contribution in [0.4, 0.5) is 5.13 Å². The van der Waals surface area contributed by atoms with Crippen LogP contribution < -0.4 is 5.32 Å². The molecule has 1 aliphatic rings. The second kappa shape index (κ2) is 9.95. The van der Waals surface area contributed by atoms with Crippen LogP contribution in [-0.4, -0.2) is 32.6 Å².